The van der Waals surface area contributed by atoms with E-state index in [4.69, 9.17) is 0 Å². The van der Waals surface area contributed by atoms with Gasteiger partial charge < -0.3 is 19.9 Å². The second kappa shape index (κ2) is 9.49. The van der Waals surface area contributed by atoms with Crippen LogP contribution in [0.1, 0.15) is 45.0 Å². The number of nitrogens with one attached hydrogen (secondary N) is 1. The van der Waals surface area contributed by atoms with E-state index in [1.54, 1.807) is 29.1 Å². The molecular formula is C22H24N6O3S. The van der Waals surface area contributed by atoms with Crippen molar-refractivity contribution in [3.05, 3.63) is 65.7 Å². The van der Waals surface area contributed by atoms with Crippen molar-refractivity contribution >= 4 is 29.3 Å². The maximum atomic E-state index is 12.8. The second-order valence-corrected chi connectivity index (χ2v) is 9.00. The van der Waals surface area contributed by atoms with Gasteiger partial charge in [0.2, 0.25) is 0 Å². The fourth-order valence-corrected chi connectivity index (χ4v) is 4.37. The van der Waals surface area contributed by atoms with Gasteiger partial charge in [0.25, 0.3) is 11.8 Å². The van der Waals surface area contributed by atoms with Gasteiger partial charge >= 0.3 is 0 Å². The normalized spacial score (nSPS) is 16.7. The molecule has 3 heterocycles. The third-order valence-corrected chi connectivity index (χ3v) is 6.46. The number of amides is 2. The molecule has 2 amide bonds. The Labute approximate surface area is 189 Å². The number of nitrogens with zero attached hydrogens (tertiary/aromatic N) is 5. The maximum Gasteiger partial charge on any atom is 0.274 e. The van der Waals surface area contributed by atoms with Crippen molar-refractivity contribution in [1.29, 1.82) is 0 Å². The lowest BCUT2D eigenvalue weighted by atomic mass is 10.1. The fourth-order valence-electron chi connectivity index (χ4n) is 3.47. The van der Waals surface area contributed by atoms with Gasteiger partial charge in [-0.1, -0.05) is 23.9 Å². The third-order valence-electron chi connectivity index (χ3n) is 5.26. The topological polar surface area (TPSA) is 113 Å². The summed E-state index contributed by atoms with van der Waals surface area (Å²) in [5.41, 5.74) is 2.20. The number of anilines is 1. The largest absolute Gasteiger partial charge is 0.391 e. The van der Waals surface area contributed by atoms with Crippen molar-refractivity contribution in [3.8, 4) is 0 Å². The van der Waals surface area contributed by atoms with E-state index in [1.807, 2.05) is 35.9 Å². The molecule has 4 rings (SSSR count). The molecule has 0 spiro atoms. The van der Waals surface area contributed by atoms with Crippen LogP contribution in [0.2, 0.25) is 0 Å². The zero-order valence-electron chi connectivity index (χ0n) is 17.8. The van der Waals surface area contributed by atoms with Gasteiger partial charge in [0.05, 0.1) is 6.10 Å². The minimum absolute atomic E-state index is 0.102. The molecule has 0 radical (unpaired) electrons. The van der Waals surface area contributed by atoms with Crippen LogP contribution >= 0.6 is 11.8 Å². The van der Waals surface area contributed by atoms with Gasteiger partial charge in [-0.05, 0) is 43.2 Å². The van der Waals surface area contributed by atoms with Crippen molar-refractivity contribution in [2.45, 2.75) is 29.9 Å². The van der Waals surface area contributed by atoms with Crippen molar-refractivity contribution in [2.75, 3.05) is 18.4 Å². The number of aryl methyl sites for hydroxylation is 1. The summed E-state index contributed by atoms with van der Waals surface area (Å²) in [6.07, 6.45) is 3.17. The Morgan fingerprint density at radius 1 is 1.28 bits per heavy atom. The molecule has 2 atom stereocenters. The summed E-state index contributed by atoms with van der Waals surface area (Å²) >= 11 is 1.58. The first-order valence-corrected chi connectivity index (χ1v) is 11.1. The number of aromatic nitrogens is 4. The number of carbonyl (C=O) groups excluding carboxylic acids is 2. The van der Waals surface area contributed by atoms with Crippen molar-refractivity contribution in [2.24, 2.45) is 7.05 Å². The number of aliphatic hydroxyl groups is 1. The standard InChI is InChI=1S/C22H24N6O3S/c1-14(32-22-26-24-13-27(22)2)15-4-3-5-17(10-15)25-20(30)19-11-16(6-8-23-19)21(31)28-9-7-18(29)12-28/h3-6,8,10-11,13-14,18,29H,7,9,12H2,1-2H3,(H,25,30). The van der Waals surface area contributed by atoms with Crippen LogP contribution in [0.4, 0.5) is 5.69 Å². The Balaban J connectivity index is 1.44. The molecule has 0 aliphatic carbocycles. The number of thioether (sulfide) groups is 1. The smallest absolute Gasteiger partial charge is 0.274 e. The molecule has 166 valence electrons. The molecule has 2 N–H and O–H groups in total. The van der Waals surface area contributed by atoms with E-state index in [1.165, 1.54) is 12.3 Å². The number of hydrogen-bond donors (Lipinski definition) is 2. The first-order chi connectivity index (χ1) is 15.4. The summed E-state index contributed by atoms with van der Waals surface area (Å²) in [7, 11) is 1.89. The first kappa shape index (κ1) is 22.0. The van der Waals surface area contributed by atoms with Gasteiger partial charge in [0, 0.05) is 42.8 Å². The number of carbonyl (C=O) groups is 2. The lowest BCUT2D eigenvalue weighted by Crippen LogP contribution is -2.29. The summed E-state index contributed by atoms with van der Waals surface area (Å²) in [6, 6.07) is 10.7. The zero-order valence-corrected chi connectivity index (χ0v) is 18.6. The summed E-state index contributed by atoms with van der Waals surface area (Å²) in [5.74, 6) is -0.610. The summed E-state index contributed by atoms with van der Waals surface area (Å²) < 4.78 is 1.86. The van der Waals surface area contributed by atoms with Crippen LogP contribution < -0.4 is 5.32 Å². The van der Waals surface area contributed by atoms with E-state index < -0.39 is 12.0 Å². The molecule has 1 aliphatic heterocycles. The van der Waals surface area contributed by atoms with Crippen LogP contribution in [0.3, 0.4) is 0 Å². The number of pyridine rings is 1. The monoisotopic (exact) mass is 452 g/mol. The minimum atomic E-state index is -0.495. The number of likely N-dealkylation sites (tertiary alicyclic amines) is 1. The van der Waals surface area contributed by atoms with Gasteiger partial charge in [0.15, 0.2) is 5.16 Å². The van der Waals surface area contributed by atoms with Crippen LogP contribution in [0, 0.1) is 0 Å². The highest BCUT2D eigenvalue weighted by Crippen LogP contribution is 2.34. The van der Waals surface area contributed by atoms with Crippen molar-refractivity contribution in [1.82, 2.24) is 24.6 Å². The van der Waals surface area contributed by atoms with Gasteiger partial charge in [-0.2, -0.15) is 0 Å². The van der Waals surface area contributed by atoms with E-state index in [0.29, 0.717) is 30.8 Å². The summed E-state index contributed by atoms with van der Waals surface area (Å²) in [6.45, 7) is 2.87. The quantitative estimate of drug-likeness (QED) is 0.553. The van der Waals surface area contributed by atoms with Crippen LogP contribution in [0.5, 0.6) is 0 Å². The molecule has 1 fully saturated rings. The lowest BCUT2D eigenvalue weighted by molar-refractivity contribution is 0.0765. The molecule has 32 heavy (non-hydrogen) atoms. The van der Waals surface area contributed by atoms with E-state index in [0.717, 1.165) is 10.7 Å². The van der Waals surface area contributed by atoms with Gasteiger partial charge in [-0.3, -0.25) is 14.6 Å². The number of rotatable bonds is 6. The molecule has 1 aliphatic rings. The van der Waals surface area contributed by atoms with Crippen LogP contribution in [-0.4, -0.2) is 60.8 Å². The molecule has 10 heteroatoms. The molecular weight excluding hydrogens is 428 g/mol. The molecule has 2 unspecified atom stereocenters. The fraction of sp³-hybridized carbons (Fsp3) is 0.318. The molecule has 0 bridgehead atoms. The van der Waals surface area contributed by atoms with Crippen LogP contribution in [0.25, 0.3) is 0 Å². The van der Waals surface area contributed by atoms with Gasteiger partial charge in [0.1, 0.15) is 12.0 Å². The number of aliphatic hydroxyl groups excluding tert-OH is 1. The molecule has 9 nitrogen and oxygen atoms in total. The molecule has 3 aromatic rings. The van der Waals surface area contributed by atoms with E-state index in [2.05, 4.69) is 27.4 Å². The Morgan fingerprint density at radius 2 is 2.12 bits per heavy atom. The first-order valence-electron chi connectivity index (χ1n) is 10.3. The molecule has 2 aromatic heterocycles. The number of benzene rings is 1. The SMILES string of the molecule is CC(Sc1nncn1C)c1cccc(NC(=O)c2cc(C(=O)N3CCC(O)C3)ccn2)c1. The maximum absolute atomic E-state index is 12.8. The van der Waals surface area contributed by atoms with Crippen molar-refractivity contribution in [3.63, 3.8) is 0 Å². The van der Waals surface area contributed by atoms with Crippen LogP contribution in [0.15, 0.2) is 54.1 Å². The number of β-amino-alcohol motifs (C(OH)–C–C–N with tert-alkyl or cyclic N) is 1. The second-order valence-electron chi connectivity index (χ2n) is 7.69. The van der Waals surface area contributed by atoms with E-state index in [9.17, 15) is 14.7 Å². The predicted molar refractivity (Wildman–Crippen MR) is 120 cm³/mol. The summed E-state index contributed by atoms with van der Waals surface area (Å²) in [5, 5.41) is 21.4. The van der Waals surface area contributed by atoms with E-state index >= 15 is 0 Å². The Bertz CT molecular complexity index is 1130. The van der Waals surface area contributed by atoms with Crippen molar-refractivity contribution < 1.29 is 14.7 Å². The Hall–Kier alpha value is -3.24. The molecule has 1 saturated heterocycles. The van der Waals surface area contributed by atoms with E-state index in [-0.39, 0.29) is 16.9 Å². The highest BCUT2D eigenvalue weighted by atomic mass is 32.2. The minimum Gasteiger partial charge on any atom is -0.391 e. The average molecular weight is 453 g/mol. The lowest BCUT2D eigenvalue weighted by Gasteiger charge is -2.16. The van der Waals surface area contributed by atoms with Crippen LogP contribution in [-0.2, 0) is 7.05 Å². The molecule has 0 saturated carbocycles. The Kier molecular flexibility index (Phi) is 6.52. The van der Waals surface area contributed by atoms with Gasteiger partial charge in [-0.25, -0.2) is 0 Å². The molecule has 1 aromatic carbocycles. The highest BCUT2D eigenvalue weighted by Gasteiger charge is 2.26. The average Bonchev–Trinajstić information content (AvgIpc) is 3.41. The Morgan fingerprint density at radius 3 is 2.84 bits per heavy atom. The zero-order chi connectivity index (χ0) is 22.7. The predicted octanol–water partition coefficient (Wildman–Crippen LogP) is 2.52. The summed E-state index contributed by atoms with van der Waals surface area (Å²) in [4.78, 5) is 31.1. The third kappa shape index (κ3) is 4.97. The highest BCUT2D eigenvalue weighted by molar-refractivity contribution is 7.99. The number of hydrogen-bond acceptors (Lipinski definition) is 7. The van der Waals surface area contributed by atoms with Gasteiger partial charge in [-0.15, -0.1) is 10.2 Å².